The number of amides is 2. The predicted molar refractivity (Wildman–Crippen MR) is 109 cm³/mol. The van der Waals surface area contributed by atoms with Crippen molar-refractivity contribution >= 4 is 27.7 Å². The predicted octanol–water partition coefficient (Wildman–Crippen LogP) is 4.22. The molecule has 1 aliphatic rings. The Labute approximate surface area is 165 Å². The van der Waals surface area contributed by atoms with Crippen molar-refractivity contribution in [3.63, 3.8) is 0 Å². The molecule has 0 radical (unpaired) electrons. The molecule has 2 N–H and O–H groups in total. The molecule has 0 heterocycles. The molecule has 1 saturated carbocycles. The Balaban J connectivity index is 1.84. The molecule has 1 atom stereocenters. The number of halogens is 1. The van der Waals surface area contributed by atoms with Crippen molar-refractivity contribution in [3.8, 4) is 0 Å². The minimum atomic E-state index is -0.523. The molecular formula is C21H31BrN2O2. The van der Waals surface area contributed by atoms with Crippen LogP contribution >= 0.6 is 15.9 Å². The summed E-state index contributed by atoms with van der Waals surface area (Å²) in [5, 5.41) is 5.86. The standard InChI is InChI=1S/C21H31BrN2O2/c1-3-4-16-5-7-18(8-6-16)14-23-21(26)20(24-15(2)25)13-17-9-11-19(22)12-10-17/h9-12,16,18,20H,3-8,13-14H2,1-2H3,(H,23,26)(H,24,25). The maximum atomic E-state index is 12.6. The topological polar surface area (TPSA) is 58.2 Å². The van der Waals surface area contributed by atoms with Crippen LogP contribution in [0.5, 0.6) is 0 Å². The smallest absolute Gasteiger partial charge is 0.242 e. The molecule has 1 unspecified atom stereocenters. The first-order valence-electron chi connectivity index (χ1n) is 9.77. The SMILES string of the molecule is CCCC1CCC(CNC(=O)C(Cc2ccc(Br)cc2)NC(C)=O)CC1. The van der Waals surface area contributed by atoms with Gasteiger partial charge in [0.25, 0.3) is 0 Å². The van der Waals surface area contributed by atoms with Crippen LogP contribution in [0.2, 0.25) is 0 Å². The third kappa shape index (κ3) is 7.10. The molecule has 2 amide bonds. The highest BCUT2D eigenvalue weighted by Gasteiger charge is 2.24. The maximum absolute atomic E-state index is 12.6. The van der Waals surface area contributed by atoms with Gasteiger partial charge in [0.1, 0.15) is 6.04 Å². The van der Waals surface area contributed by atoms with Gasteiger partial charge in [0.2, 0.25) is 11.8 Å². The number of hydrogen-bond donors (Lipinski definition) is 2. The van der Waals surface area contributed by atoms with Crippen LogP contribution in [0.15, 0.2) is 28.7 Å². The largest absolute Gasteiger partial charge is 0.354 e. The van der Waals surface area contributed by atoms with Crippen LogP contribution in [0.3, 0.4) is 0 Å². The van der Waals surface area contributed by atoms with Gasteiger partial charge < -0.3 is 10.6 Å². The number of nitrogens with one attached hydrogen (secondary N) is 2. The van der Waals surface area contributed by atoms with E-state index in [0.29, 0.717) is 18.9 Å². The van der Waals surface area contributed by atoms with Crippen molar-refractivity contribution < 1.29 is 9.59 Å². The zero-order chi connectivity index (χ0) is 18.9. The van der Waals surface area contributed by atoms with Gasteiger partial charge in [0.05, 0.1) is 0 Å². The van der Waals surface area contributed by atoms with E-state index in [2.05, 4.69) is 33.5 Å². The summed E-state index contributed by atoms with van der Waals surface area (Å²) < 4.78 is 1.00. The van der Waals surface area contributed by atoms with E-state index in [0.717, 1.165) is 16.0 Å². The Hall–Kier alpha value is -1.36. The lowest BCUT2D eigenvalue weighted by atomic mass is 9.80. The maximum Gasteiger partial charge on any atom is 0.242 e. The minimum Gasteiger partial charge on any atom is -0.354 e. The molecule has 0 aromatic heterocycles. The Bertz CT molecular complexity index is 580. The zero-order valence-corrected chi connectivity index (χ0v) is 17.5. The molecule has 0 spiro atoms. The van der Waals surface area contributed by atoms with Crippen LogP contribution in [0.25, 0.3) is 0 Å². The molecule has 1 aromatic rings. The fourth-order valence-corrected chi connectivity index (χ4v) is 4.08. The third-order valence-electron chi connectivity index (χ3n) is 5.28. The summed E-state index contributed by atoms with van der Waals surface area (Å²) in [5.41, 5.74) is 1.03. The Morgan fingerprint density at radius 3 is 2.31 bits per heavy atom. The van der Waals surface area contributed by atoms with E-state index < -0.39 is 6.04 Å². The van der Waals surface area contributed by atoms with E-state index >= 15 is 0 Å². The molecule has 0 bridgehead atoms. The second-order valence-corrected chi connectivity index (χ2v) is 8.42. The minimum absolute atomic E-state index is 0.0844. The first-order chi connectivity index (χ1) is 12.5. The number of carbonyl (C=O) groups is 2. The number of carbonyl (C=O) groups excluding carboxylic acids is 2. The van der Waals surface area contributed by atoms with Crippen LogP contribution < -0.4 is 10.6 Å². The first kappa shape index (κ1) is 20.9. The summed E-state index contributed by atoms with van der Waals surface area (Å²) in [6.45, 7) is 4.42. The Morgan fingerprint density at radius 2 is 1.73 bits per heavy atom. The number of hydrogen-bond acceptors (Lipinski definition) is 2. The lowest BCUT2D eigenvalue weighted by molar-refractivity contribution is -0.128. The van der Waals surface area contributed by atoms with Crippen molar-refractivity contribution in [3.05, 3.63) is 34.3 Å². The quantitative estimate of drug-likeness (QED) is 0.658. The molecule has 1 fully saturated rings. The van der Waals surface area contributed by atoms with E-state index in [1.807, 2.05) is 24.3 Å². The summed E-state index contributed by atoms with van der Waals surface area (Å²) in [6, 6.07) is 7.33. The van der Waals surface area contributed by atoms with Gasteiger partial charge in [0, 0.05) is 24.4 Å². The highest BCUT2D eigenvalue weighted by atomic mass is 79.9. The van der Waals surface area contributed by atoms with Gasteiger partial charge in [-0.25, -0.2) is 0 Å². The molecule has 4 nitrogen and oxygen atoms in total. The van der Waals surface area contributed by atoms with Crippen molar-refractivity contribution in [2.45, 2.75) is 64.8 Å². The van der Waals surface area contributed by atoms with Crippen molar-refractivity contribution in [1.82, 2.24) is 10.6 Å². The van der Waals surface area contributed by atoms with Gasteiger partial charge >= 0.3 is 0 Å². The molecule has 2 rings (SSSR count). The highest BCUT2D eigenvalue weighted by Crippen LogP contribution is 2.31. The van der Waals surface area contributed by atoms with Crippen LogP contribution in [-0.2, 0) is 16.0 Å². The van der Waals surface area contributed by atoms with E-state index in [4.69, 9.17) is 0 Å². The zero-order valence-electron chi connectivity index (χ0n) is 15.9. The molecule has 1 aromatic carbocycles. The number of benzene rings is 1. The van der Waals surface area contributed by atoms with Crippen molar-refractivity contribution in [2.24, 2.45) is 11.8 Å². The van der Waals surface area contributed by atoms with Gasteiger partial charge in [0.15, 0.2) is 0 Å². The summed E-state index contributed by atoms with van der Waals surface area (Å²) in [7, 11) is 0. The second-order valence-electron chi connectivity index (χ2n) is 7.50. The van der Waals surface area contributed by atoms with Crippen LogP contribution in [0, 0.1) is 11.8 Å². The van der Waals surface area contributed by atoms with Gasteiger partial charge in [-0.2, -0.15) is 0 Å². The second kappa shape index (κ2) is 10.7. The normalized spacial score (nSPS) is 21.0. The fraction of sp³-hybridized carbons (Fsp3) is 0.619. The lowest BCUT2D eigenvalue weighted by Crippen LogP contribution is -2.48. The highest BCUT2D eigenvalue weighted by molar-refractivity contribution is 9.10. The summed E-state index contributed by atoms with van der Waals surface area (Å²) >= 11 is 3.41. The van der Waals surface area contributed by atoms with Crippen molar-refractivity contribution in [2.75, 3.05) is 6.54 Å². The van der Waals surface area contributed by atoms with E-state index in [-0.39, 0.29) is 11.8 Å². The average molecular weight is 423 g/mol. The third-order valence-corrected chi connectivity index (χ3v) is 5.80. The monoisotopic (exact) mass is 422 g/mol. The van der Waals surface area contributed by atoms with Crippen LogP contribution in [0.1, 0.15) is 57.9 Å². The Morgan fingerprint density at radius 1 is 1.12 bits per heavy atom. The summed E-state index contributed by atoms with van der Waals surface area (Å²) in [4.78, 5) is 24.1. The number of rotatable bonds is 8. The van der Waals surface area contributed by atoms with E-state index in [1.54, 1.807) is 0 Å². The van der Waals surface area contributed by atoms with Crippen LogP contribution in [0.4, 0.5) is 0 Å². The molecule has 26 heavy (non-hydrogen) atoms. The first-order valence-corrected chi connectivity index (χ1v) is 10.6. The van der Waals surface area contributed by atoms with Gasteiger partial charge in [-0.1, -0.05) is 60.7 Å². The lowest BCUT2D eigenvalue weighted by Gasteiger charge is -2.29. The van der Waals surface area contributed by atoms with Gasteiger partial charge in [-0.15, -0.1) is 0 Å². The molecule has 0 saturated heterocycles. The summed E-state index contributed by atoms with van der Waals surface area (Å²) in [5.74, 6) is 1.18. The van der Waals surface area contributed by atoms with Crippen LogP contribution in [-0.4, -0.2) is 24.4 Å². The molecule has 1 aliphatic carbocycles. The van der Waals surface area contributed by atoms with E-state index in [9.17, 15) is 9.59 Å². The molecule has 144 valence electrons. The molecule has 0 aliphatic heterocycles. The molecule has 5 heteroatoms. The van der Waals surface area contributed by atoms with Gasteiger partial charge in [-0.3, -0.25) is 9.59 Å². The Kier molecular flexibility index (Phi) is 8.63. The van der Waals surface area contributed by atoms with Gasteiger partial charge in [-0.05, 0) is 42.4 Å². The fourth-order valence-electron chi connectivity index (χ4n) is 3.81. The van der Waals surface area contributed by atoms with Crippen molar-refractivity contribution in [1.29, 1.82) is 0 Å². The van der Waals surface area contributed by atoms with E-state index in [1.165, 1.54) is 45.4 Å². The molecular weight excluding hydrogens is 392 g/mol. The summed E-state index contributed by atoms with van der Waals surface area (Å²) in [6.07, 6.45) is 8.05. The average Bonchev–Trinajstić information content (AvgIpc) is 2.62.